The molecular weight excluding hydrogens is 206 g/mol. The third-order valence-corrected chi connectivity index (χ3v) is 1.99. The first-order chi connectivity index (χ1) is 5.16. The van der Waals surface area contributed by atoms with E-state index < -0.39 is 0 Å². The maximum absolute atomic E-state index is 10.7. The number of unbranched alkanes of at least 4 members (excludes halogenated alkanes) is 1. The second kappa shape index (κ2) is 6.65. The fourth-order valence-corrected chi connectivity index (χ4v) is 1.16. The van der Waals surface area contributed by atoms with Crippen molar-refractivity contribution in [3.05, 3.63) is 0 Å². The van der Waals surface area contributed by atoms with Gasteiger partial charge in [0.15, 0.2) is 0 Å². The molecule has 11 heavy (non-hydrogen) atoms. The molecule has 1 N–H and O–H groups in total. The van der Waals surface area contributed by atoms with Crippen LogP contribution >= 0.6 is 15.9 Å². The summed E-state index contributed by atoms with van der Waals surface area (Å²) in [5, 5.41) is 2.60. The highest BCUT2D eigenvalue weighted by molar-refractivity contribution is 9.09. The Morgan fingerprint density at radius 3 is 2.64 bits per heavy atom. The van der Waals surface area contributed by atoms with E-state index in [2.05, 4.69) is 28.2 Å². The average molecular weight is 222 g/mol. The van der Waals surface area contributed by atoms with E-state index in [-0.39, 0.29) is 5.91 Å². The summed E-state index contributed by atoms with van der Waals surface area (Å²) < 4.78 is 0. The van der Waals surface area contributed by atoms with Crippen molar-refractivity contribution in [3.63, 3.8) is 0 Å². The number of alkyl halides is 1. The van der Waals surface area contributed by atoms with Crippen molar-refractivity contribution < 1.29 is 4.79 Å². The minimum absolute atomic E-state index is 0.146. The molecule has 3 heteroatoms. The molecule has 0 saturated carbocycles. The molecule has 0 aromatic heterocycles. The Balaban J connectivity index is 3.08. The van der Waals surface area contributed by atoms with E-state index >= 15 is 0 Å². The summed E-state index contributed by atoms with van der Waals surface area (Å²) in [6.45, 7) is 2.12. The van der Waals surface area contributed by atoms with Gasteiger partial charge in [-0.1, -0.05) is 29.3 Å². The van der Waals surface area contributed by atoms with Crippen molar-refractivity contribution in [2.75, 3.05) is 7.05 Å². The molecule has 0 aliphatic carbocycles. The van der Waals surface area contributed by atoms with Crippen molar-refractivity contribution in [2.24, 2.45) is 0 Å². The summed E-state index contributed by atoms with van der Waals surface area (Å²) in [4.78, 5) is 11.3. The van der Waals surface area contributed by atoms with Gasteiger partial charge in [0.2, 0.25) is 5.91 Å². The predicted octanol–water partition coefficient (Wildman–Crippen LogP) is 2.08. The number of rotatable bonds is 5. The van der Waals surface area contributed by atoms with Gasteiger partial charge in [-0.25, -0.2) is 0 Å². The van der Waals surface area contributed by atoms with Gasteiger partial charge in [0.25, 0.3) is 0 Å². The normalized spacial score (nSPS) is 12.6. The second-order valence-corrected chi connectivity index (χ2v) is 4.26. The van der Waals surface area contributed by atoms with Gasteiger partial charge in [-0.3, -0.25) is 4.79 Å². The highest BCUT2D eigenvalue weighted by Gasteiger charge is 1.98. The molecule has 66 valence electrons. The van der Waals surface area contributed by atoms with Gasteiger partial charge in [-0.2, -0.15) is 0 Å². The van der Waals surface area contributed by atoms with E-state index in [1.54, 1.807) is 7.05 Å². The Kier molecular flexibility index (Phi) is 6.62. The zero-order valence-electron chi connectivity index (χ0n) is 7.19. The minimum Gasteiger partial charge on any atom is -0.359 e. The topological polar surface area (TPSA) is 29.1 Å². The van der Waals surface area contributed by atoms with Crippen molar-refractivity contribution in [3.8, 4) is 0 Å². The molecule has 0 bridgehead atoms. The quantitative estimate of drug-likeness (QED) is 0.560. The van der Waals surface area contributed by atoms with Gasteiger partial charge < -0.3 is 5.32 Å². The lowest BCUT2D eigenvalue weighted by molar-refractivity contribution is -0.120. The van der Waals surface area contributed by atoms with Crippen molar-refractivity contribution in [2.45, 2.75) is 37.4 Å². The molecule has 0 heterocycles. The number of halogens is 1. The number of carbonyl (C=O) groups is 1. The smallest absolute Gasteiger partial charge is 0.219 e. The highest BCUT2D eigenvalue weighted by Crippen LogP contribution is 2.09. The summed E-state index contributed by atoms with van der Waals surface area (Å²) in [7, 11) is 1.68. The first-order valence-corrected chi connectivity index (χ1v) is 4.93. The van der Waals surface area contributed by atoms with Crippen molar-refractivity contribution >= 4 is 21.8 Å². The van der Waals surface area contributed by atoms with Crippen LogP contribution in [0.5, 0.6) is 0 Å². The molecule has 0 aliphatic rings. The van der Waals surface area contributed by atoms with Gasteiger partial charge in [0, 0.05) is 18.3 Å². The van der Waals surface area contributed by atoms with Crippen LogP contribution in [0.15, 0.2) is 0 Å². The molecule has 0 spiro atoms. The molecule has 1 unspecified atom stereocenters. The molecule has 1 atom stereocenters. The standard InChI is InChI=1S/C8H16BrNO/c1-7(9)5-3-4-6-8(11)10-2/h7H,3-6H2,1-2H3,(H,10,11). The molecule has 0 radical (unpaired) electrons. The molecule has 0 aromatic carbocycles. The third kappa shape index (κ3) is 7.85. The predicted molar refractivity (Wildman–Crippen MR) is 50.9 cm³/mol. The molecule has 0 rings (SSSR count). The molecule has 0 aromatic rings. The van der Waals surface area contributed by atoms with Crippen LogP contribution in [0.2, 0.25) is 0 Å². The number of hydrogen-bond acceptors (Lipinski definition) is 1. The highest BCUT2D eigenvalue weighted by atomic mass is 79.9. The van der Waals surface area contributed by atoms with Crippen LogP contribution in [0.4, 0.5) is 0 Å². The summed E-state index contributed by atoms with van der Waals surface area (Å²) in [6.07, 6.45) is 3.93. The Labute approximate surface area is 76.9 Å². The van der Waals surface area contributed by atoms with Gasteiger partial charge >= 0.3 is 0 Å². The molecule has 0 saturated heterocycles. The third-order valence-electron chi connectivity index (χ3n) is 1.53. The van der Waals surface area contributed by atoms with E-state index in [1.807, 2.05) is 0 Å². The van der Waals surface area contributed by atoms with E-state index in [9.17, 15) is 4.79 Å². The van der Waals surface area contributed by atoms with Crippen LogP contribution in [0, 0.1) is 0 Å². The number of carbonyl (C=O) groups excluding carboxylic acids is 1. The summed E-state index contributed by atoms with van der Waals surface area (Å²) >= 11 is 3.46. The maximum Gasteiger partial charge on any atom is 0.219 e. The van der Waals surface area contributed by atoms with Crippen LogP contribution in [0.25, 0.3) is 0 Å². The Morgan fingerprint density at radius 1 is 1.55 bits per heavy atom. The average Bonchev–Trinajstić information content (AvgIpc) is 1.97. The van der Waals surface area contributed by atoms with E-state index in [0.29, 0.717) is 11.2 Å². The van der Waals surface area contributed by atoms with E-state index in [0.717, 1.165) is 19.3 Å². The van der Waals surface area contributed by atoms with Crippen LogP contribution in [0.3, 0.4) is 0 Å². The molecule has 0 fully saturated rings. The Hall–Kier alpha value is -0.0500. The zero-order valence-corrected chi connectivity index (χ0v) is 8.78. The lowest BCUT2D eigenvalue weighted by Gasteiger charge is -2.01. The SMILES string of the molecule is CNC(=O)CCCCC(C)Br. The van der Waals surface area contributed by atoms with Gasteiger partial charge in [0.05, 0.1) is 0 Å². The Bertz CT molecular complexity index is 115. The largest absolute Gasteiger partial charge is 0.359 e. The van der Waals surface area contributed by atoms with Crippen LogP contribution in [-0.4, -0.2) is 17.8 Å². The van der Waals surface area contributed by atoms with Crippen molar-refractivity contribution in [1.82, 2.24) is 5.32 Å². The van der Waals surface area contributed by atoms with Gasteiger partial charge in [-0.05, 0) is 12.8 Å². The van der Waals surface area contributed by atoms with Gasteiger partial charge in [0.1, 0.15) is 0 Å². The van der Waals surface area contributed by atoms with Crippen LogP contribution in [0.1, 0.15) is 32.6 Å². The molecule has 2 nitrogen and oxygen atoms in total. The molecule has 1 amide bonds. The zero-order chi connectivity index (χ0) is 8.69. The second-order valence-electron chi connectivity index (χ2n) is 2.70. The monoisotopic (exact) mass is 221 g/mol. The van der Waals surface area contributed by atoms with Crippen LogP contribution in [-0.2, 0) is 4.79 Å². The minimum atomic E-state index is 0.146. The van der Waals surface area contributed by atoms with Gasteiger partial charge in [-0.15, -0.1) is 0 Å². The first kappa shape index (κ1) is 11.0. The lowest BCUT2D eigenvalue weighted by atomic mass is 10.1. The summed E-state index contributed by atoms with van der Waals surface area (Å²) in [5.74, 6) is 0.146. The van der Waals surface area contributed by atoms with E-state index in [1.165, 1.54) is 0 Å². The Morgan fingerprint density at radius 2 is 2.18 bits per heavy atom. The molecule has 0 aliphatic heterocycles. The summed E-state index contributed by atoms with van der Waals surface area (Å²) in [6, 6.07) is 0. The first-order valence-electron chi connectivity index (χ1n) is 4.01. The maximum atomic E-state index is 10.7. The summed E-state index contributed by atoms with van der Waals surface area (Å²) in [5.41, 5.74) is 0. The lowest BCUT2D eigenvalue weighted by Crippen LogP contribution is -2.16. The van der Waals surface area contributed by atoms with Crippen LogP contribution < -0.4 is 5.32 Å². The molecular formula is C8H16BrNO. The van der Waals surface area contributed by atoms with Crippen molar-refractivity contribution in [1.29, 1.82) is 0 Å². The number of nitrogens with one attached hydrogen (secondary N) is 1. The fraction of sp³-hybridized carbons (Fsp3) is 0.875. The fourth-order valence-electron chi connectivity index (χ4n) is 0.836. The van der Waals surface area contributed by atoms with E-state index in [4.69, 9.17) is 0 Å². The number of amides is 1. The number of hydrogen-bond donors (Lipinski definition) is 1.